The third kappa shape index (κ3) is 2.59. The van der Waals surface area contributed by atoms with Gasteiger partial charge in [0.15, 0.2) is 5.71 Å². The molecule has 1 aromatic heterocycles. The minimum absolute atomic E-state index is 0.371. The molecule has 0 aliphatic carbocycles. The molecule has 0 aliphatic rings. The monoisotopic (exact) mass is 395 g/mol. The summed E-state index contributed by atoms with van der Waals surface area (Å²) in [6.07, 6.45) is -6.52. The zero-order chi connectivity index (χ0) is 19.3. The van der Waals surface area contributed by atoms with Gasteiger partial charge in [-0.25, -0.2) is 0 Å². The van der Waals surface area contributed by atoms with Crippen molar-refractivity contribution in [3.05, 3.63) is 48.0 Å². The van der Waals surface area contributed by atoms with Crippen LogP contribution in [-0.2, 0) is 0 Å². The summed E-state index contributed by atoms with van der Waals surface area (Å²) in [5, 5.41) is 11.8. The maximum Gasteiger partial charge on any atom is 0.460 e. The van der Waals surface area contributed by atoms with Crippen molar-refractivity contribution in [3.63, 3.8) is 0 Å². The van der Waals surface area contributed by atoms with E-state index in [4.69, 9.17) is 5.21 Å². The molecule has 0 radical (unpaired) electrons. The highest BCUT2D eigenvalue weighted by atomic mass is 32.1. The van der Waals surface area contributed by atoms with Crippen molar-refractivity contribution in [2.75, 3.05) is 0 Å². The van der Waals surface area contributed by atoms with E-state index in [1.54, 1.807) is 24.3 Å². The number of benzene rings is 2. The van der Waals surface area contributed by atoms with E-state index < -0.39 is 29.3 Å². The van der Waals surface area contributed by atoms with E-state index in [1.807, 2.05) is 0 Å². The van der Waals surface area contributed by atoms with Crippen LogP contribution >= 0.6 is 11.3 Å². The maximum absolute atomic E-state index is 13.9. The Morgan fingerprint density at radius 1 is 0.846 bits per heavy atom. The SMILES string of the molecule is O/N=C(/c1ccc2sc3ccccc3c2c1)C(F)(F)C(F)(F)C(F)(F)F. The van der Waals surface area contributed by atoms with Crippen molar-refractivity contribution in [3.8, 4) is 0 Å². The molecule has 0 atom stereocenters. The number of thiophene rings is 1. The minimum Gasteiger partial charge on any atom is -0.410 e. The van der Waals surface area contributed by atoms with Crippen molar-refractivity contribution >= 4 is 37.2 Å². The topological polar surface area (TPSA) is 32.6 Å². The van der Waals surface area contributed by atoms with Crippen molar-refractivity contribution in [1.82, 2.24) is 0 Å². The lowest BCUT2D eigenvalue weighted by molar-refractivity contribution is -0.336. The smallest absolute Gasteiger partial charge is 0.410 e. The van der Waals surface area contributed by atoms with Gasteiger partial charge in [-0.3, -0.25) is 0 Å². The Labute approximate surface area is 145 Å². The van der Waals surface area contributed by atoms with Crippen LogP contribution in [0, 0.1) is 0 Å². The van der Waals surface area contributed by atoms with Crippen LogP contribution in [-0.4, -0.2) is 28.9 Å². The van der Waals surface area contributed by atoms with Crippen LogP contribution in [0.4, 0.5) is 30.7 Å². The first-order valence-corrected chi connectivity index (χ1v) is 7.79. The van der Waals surface area contributed by atoms with Crippen LogP contribution in [0.25, 0.3) is 20.2 Å². The van der Waals surface area contributed by atoms with Gasteiger partial charge in [-0.05, 0) is 18.2 Å². The Morgan fingerprint density at radius 3 is 2.08 bits per heavy atom. The largest absolute Gasteiger partial charge is 0.460 e. The number of fused-ring (bicyclic) bond motifs is 3. The molecular weight excluding hydrogens is 387 g/mol. The molecule has 3 aromatic rings. The number of alkyl halides is 7. The Bertz CT molecular complexity index is 1010. The quantitative estimate of drug-likeness (QED) is 0.248. The summed E-state index contributed by atoms with van der Waals surface area (Å²) in [5.41, 5.74) is -2.80. The second-order valence-electron chi connectivity index (χ2n) is 5.40. The molecule has 3 rings (SSSR count). The molecule has 0 bridgehead atoms. The van der Waals surface area contributed by atoms with Crippen molar-refractivity contribution in [2.45, 2.75) is 18.0 Å². The lowest BCUT2D eigenvalue weighted by Gasteiger charge is -2.28. The molecule has 26 heavy (non-hydrogen) atoms. The normalized spacial score (nSPS) is 14.3. The second kappa shape index (κ2) is 5.83. The second-order valence-corrected chi connectivity index (χ2v) is 6.49. The van der Waals surface area contributed by atoms with Gasteiger partial charge in [0.1, 0.15) is 0 Å². The van der Waals surface area contributed by atoms with Gasteiger partial charge >= 0.3 is 18.0 Å². The molecule has 2 nitrogen and oxygen atoms in total. The average Bonchev–Trinajstić information content (AvgIpc) is 2.92. The summed E-state index contributed by atoms with van der Waals surface area (Å²) in [6, 6.07) is 9.99. The van der Waals surface area contributed by atoms with E-state index in [-0.39, 0.29) is 0 Å². The van der Waals surface area contributed by atoms with Gasteiger partial charge in [0, 0.05) is 25.7 Å². The summed E-state index contributed by atoms with van der Waals surface area (Å²) < 4.78 is 93.0. The van der Waals surface area contributed by atoms with Gasteiger partial charge in [-0.15, -0.1) is 11.3 Å². The standard InChI is InChI=1S/C16H8F7NOS/c17-14(18,15(19,20)16(21,22)23)13(24-25)8-5-6-12-10(7-8)9-3-1-2-4-11(9)26-12/h1-7,25H/b24-13-. The number of hydrogen-bond acceptors (Lipinski definition) is 3. The fraction of sp³-hybridized carbons (Fsp3) is 0.188. The highest BCUT2D eigenvalue weighted by Gasteiger charge is 2.75. The predicted molar refractivity (Wildman–Crippen MR) is 83.6 cm³/mol. The Balaban J connectivity index is 2.18. The average molecular weight is 395 g/mol. The fourth-order valence-corrected chi connectivity index (χ4v) is 3.59. The third-order valence-corrected chi connectivity index (χ3v) is 4.95. The maximum atomic E-state index is 13.9. The highest BCUT2D eigenvalue weighted by Crippen LogP contribution is 2.48. The van der Waals surface area contributed by atoms with E-state index in [2.05, 4.69) is 5.16 Å². The van der Waals surface area contributed by atoms with Crippen LogP contribution in [0.3, 0.4) is 0 Å². The summed E-state index contributed by atoms with van der Waals surface area (Å²) in [7, 11) is 0. The highest BCUT2D eigenvalue weighted by molar-refractivity contribution is 7.25. The Kier molecular flexibility index (Phi) is 4.13. The molecule has 0 saturated carbocycles. The molecular formula is C16H8F7NOS. The summed E-state index contributed by atoms with van der Waals surface area (Å²) >= 11 is 1.29. The van der Waals surface area contributed by atoms with E-state index in [1.165, 1.54) is 17.4 Å². The van der Waals surface area contributed by atoms with Gasteiger partial charge in [0.25, 0.3) is 0 Å². The first-order chi connectivity index (χ1) is 12.0. The Morgan fingerprint density at radius 2 is 1.46 bits per heavy atom. The zero-order valence-corrected chi connectivity index (χ0v) is 13.3. The van der Waals surface area contributed by atoms with Crippen LogP contribution in [0.1, 0.15) is 5.56 Å². The molecule has 10 heteroatoms. The van der Waals surface area contributed by atoms with Crippen molar-refractivity contribution < 1.29 is 35.9 Å². The number of nitrogens with zero attached hydrogens (tertiary/aromatic N) is 1. The minimum atomic E-state index is -6.52. The van der Waals surface area contributed by atoms with E-state index in [0.29, 0.717) is 15.5 Å². The lowest BCUT2D eigenvalue weighted by Crippen LogP contribution is -2.56. The van der Waals surface area contributed by atoms with Crippen LogP contribution in [0.2, 0.25) is 0 Å². The van der Waals surface area contributed by atoms with Gasteiger partial charge in [0.05, 0.1) is 0 Å². The van der Waals surface area contributed by atoms with E-state index >= 15 is 0 Å². The molecule has 0 amide bonds. The summed E-state index contributed by atoms with van der Waals surface area (Å²) in [6.45, 7) is 0. The molecule has 0 aliphatic heterocycles. The first kappa shape index (κ1) is 18.4. The van der Waals surface area contributed by atoms with Gasteiger partial charge in [0.2, 0.25) is 0 Å². The third-order valence-electron chi connectivity index (χ3n) is 3.80. The van der Waals surface area contributed by atoms with E-state index in [0.717, 1.165) is 16.8 Å². The number of hydrogen-bond donors (Lipinski definition) is 1. The van der Waals surface area contributed by atoms with Gasteiger partial charge in [-0.1, -0.05) is 29.4 Å². The Hall–Kier alpha value is -2.36. The van der Waals surface area contributed by atoms with Crippen molar-refractivity contribution in [2.24, 2.45) is 5.16 Å². The molecule has 2 aromatic carbocycles. The number of oxime groups is 1. The fourth-order valence-electron chi connectivity index (χ4n) is 2.50. The molecule has 0 fully saturated rings. The molecule has 138 valence electrons. The number of halogens is 7. The molecule has 0 unspecified atom stereocenters. The van der Waals surface area contributed by atoms with E-state index in [9.17, 15) is 30.7 Å². The lowest BCUT2D eigenvalue weighted by atomic mass is 9.97. The van der Waals surface area contributed by atoms with Crippen LogP contribution in [0.15, 0.2) is 47.6 Å². The number of rotatable bonds is 3. The zero-order valence-electron chi connectivity index (χ0n) is 12.5. The first-order valence-electron chi connectivity index (χ1n) is 6.97. The molecule has 0 saturated heterocycles. The molecule has 1 N–H and O–H groups in total. The van der Waals surface area contributed by atoms with Crippen LogP contribution in [0.5, 0.6) is 0 Å². The van der Waals surface area contributed by atoms with Gasteiger partial charge in [-0.2, -0.15) is 30.7 Å². The van der Waals surface area contributed by atoms with Crippen molar-refractivity contribution in [1.29, 1.82) is 0 Å². The van der Waals surface area contributed by atoms with Gasteiger partial charge < -0.3 is 5.21 Å². The summed E-state index contributed by atoms with van der Waals surface area (Å²) in [5.74, 6) is -12.2. The summed E-state index contributed by atoms with van der Waals surface area (Å²) in [4.78, 5) is 0. The molecule has 0 spiro atoms. The van der Waals surface area contributed by atoms with Crippen LogP contribution < -0.4 is 0 Å². The molecule has 1 heterocycles. The predicted octanol–water partition coefficient (Wildman–Crippen LogP) is 6.07.